The van der Waals surface area contributed by atoms with Gasteiger partial charge in [-0.15, -0.1) is 0 Å². The molecule has 1 aliphatic rings. The zero-order chi connectivity index (χ0) is 34.8. The van der Waals surface area contributed by atoms with Crippen molar-refractivity contribution in [2.75, 3.05) is 41.4 Å². The molecule has 11 heteroatoms. The average Bonchev–Trinajstić information content (AvgIpc) is 3.59. The summed E-state index contributed by atoms with van der Waals surface area (Å²) in [6.45, 7) is 12.9. The third kappa shape index (κ3) is 7.07. The van der Waals surface area contributed by atoms with E-state index in [4.69, 9.17) is 8.84 Å². The Morgan fingerprint density at radius 1 is 1.04 bits per heavy atom. The van der Waals surface area contributed by atoms with E-state index in [1.165, 1.54) is 17.0 Å². The number of anilines is 3. The number of furan rings is 1. The van der Waals surface area contributed by atoms with Gasteiger partial charge in [0.15, 0.2) is 8.32 Å². The van der Waals surface area contributed by atoms with Crippen LogP contribution < -0.4 is 20.0 Å². The molecule has 0 aliphatic carbocycles. The highest BCUT2D eigenvalue weighted by Gasteiger charge is 2.38. The van der Waals surface area contributed by atoms with Gasteiger partial charge in [0.25, 0.3) is 5.91 Å². The predicted molar refractivity (Wildman–Crippen MR) is 190 cm³/mol. The zero-order valence-electron chi connectivity index (χ0n) is 28.6. The third-order valence-corrected chi connectivity index (χ3v) is 13.9. The van der Waals surface area contributed by atoms with Crippen molar-refractivity contribution in [3.05, 3.63) is 102 Å². The van der Waals surface area contributed by atoms with Crippen LogP contribution in [0.15, 0.2) is 83.5 Å². The summed E-state index contributed by atoms with van der Waals surface area (Å²) in [4.78, 5) is 44.5. The number of carbonyl (C=O) groups is 3. The lowest BCUT2D eigenvalue weighted by atomic mass is 10.0. The van der Waals surface area contributed by atoms with E-state index in [1.54, 1.807) is 48.5 Å². The van der Waals surface area contributed by atoms with E-state index in [0.29, 0.717) is 29.3 Å². The quantitative estimate of drug-likeness (QED) is 0.184. The van der Waals surface area contributed by atoms with Gasteiger partial charge < -0.3 is 24.0 Å². The van der Waals surface area contributed by atoms with Crippen LogP contribution in [0.4, 0.5) is 26.2 Å². The van der Waals surface area contributed by atoms with E-state index in [9.17, 15) is 14.4 Å². The highest BCUT2D eigenvalue weighted by Crippen LogP contribution is 2.38. The van der Waals surface area contributed by atoms with Gasteiger partial charge in [0.2, 0.25) is 5.91 Å². The number of amides is 4. The minimum atomic E-state index is -2.05. The number of para-hydroxylation sites is 2. The van der Waals surface area contributed by atoms with Crippen molar-refractivity contribution in [2.24, 2.45) is 0 Å². The first-order valence-electron chi connectivity index (χ1n) is 16.0. The van der Waals surface area contributed by atoms with Crippen LogP contribution in [0.5, 0.6) is 0 Å². The average molecular weight is 671 g/mol. The Morgan fingerprint density at radius 2 is 1.79 bits per heavy atom. The molecular weight excluding hydrogens is 628 g/mol. The molecular formula is C37H43FN4O5Si. The van der Waals surface area contributed by atoms with Crippen LogP contribution in [0.2, 0.25) is 18.1 Å². The van der Waals surface area contributed by atoms with Gasteiger partial charge in [-0.1, -0.05) is 45.0 Å². The minimum Gasteiger partial charge on any atom is -0.464 e. The van der Waals surface area contributed by atoms with Crippen molar-refractivity contribution in [3.63, 3.8) is 0 Å². The normalized spacial score (nSPS) is 13.4. The molecule has 48 heavy (non-hydrogen) atoms. The van der Waals surface area contributed by atoms with Gasteiger partial charge in [-0.05, 0) is 84.7 Å². The number of hydrogen-bond donors (Lipinski definition) is 1. The second-order valence-electron chi connectivity index (χ2n) is 13.5. The smallest absolute Gasteiger partial charge is 0.322 e. The Labute approximate surface area is 282 Å². The Morgan fingerprint density at radius 3 is 2.48 bits per heavy atom. The summed E-state index contributed by atoms with van der Waals surface area (Å²) >= 11 is 0. The van der Waals surface area contributed by atoms with Gasteiger partial charge >= 0.3 is 6.03 Å². The van der Waals surface area contributed by atoms with E-state index in [-0.39, 0.29) is 42.2 Å². The Kier molecular flexibility index (Phi) is 9.93. The van der Waals surface area contributed by atoms with Crippen LogP contribution in [0, 0.1) is 12.7 Å². The number of fused-ring (bicyclic) bond motifs is 1. The lowest BCUT2D eigenvalue weighted by Gasteiger charge is -2.39. The van der Waals surface area contributed by atoms with Crippen LogP contribution in [-0.2, 0) is 15.8 Å². The fourth-order valence-electron chi connectivity index (χ4n) is 5.45. The van der Waals surface area contributed by atoms with Crippen LogP contribution >= 0.6 is 0 Å². The molecule has 9 nitrogen and oxygen atoms in total. The standard InChI is InChI=1S/C37H43FN4O5Si/c1-25-22-26(35(44)40(5)30-14-9-8-12-28(30)32-16-11-20-46-32)17-18-27(25)23-39-36(45)42-24-33(43)41(31-15-10-13-29(38)34(31)42)19-21-47-48(6,7)37(2,3)4/h8-18,20,22H,19,21,23-24H2,1-7H3,(H,39,45). The van der Waals surface area contributed by atoms with Gasteiger partial charge in [0.05, 0.1) is 24.2 Å². The van der Waals surface area contributed by atoms with Crippen molar-refractivity contribution < 1.29 is 27.6 Å². The fraction of sp³-hybridized carbons (Fsp3) is 0.324. The van der Waals surface area contributed by atoms with Crippen molar-refractivity contribution >= 4 is 43.2 Å². The van der Waals surface area contributed by atoms with Gasteiger partial charge in [-0.2, -0.15) is 0 Å². The van der Waals surface area contributed by atoms with E-state index >= 15 is 4.39 Å². The largest absolute Gasteiger partial charge is 0.464 e. The first-order chi connectivity index (χ1) is 22.7. The monoisotopic (exact) mass is 670 g/mol. The van der Waals surface area contributed by atoms with E-state index in [0.717, 1.165) is 21.6 Å². The first kappa shape index (κ1) is 34.6. The van der Waals surface area contributed by atoms with Crippen LogP contribution in [0.3, 0.4) is 0 Å². The maximum atomic E-state index is 15.3. The molecule has 1 N–H and O–H groups in total. The van der Waals surface area contributed by atoms with Crippen LogP contribution in [-0.4, -0.2) is 52.9 Å². The number of hydrogen-bond acceptors (Lipinski definition) is 5. The lowest BCUT2D eigenvalue weighted by molar-refractivity contribution is -0.117. The number of aryl methyl sites for hydroxylation is 1. The number of nitrogens with one attached hydrogen (secondary N) is 1. The Bertz CT molecular complexity index is 1820. The van der Waals surface area contributed by atoms with E-state index < -0.39 is 20.2 Å². The summed E-state index contributed by atoms with van der Waals surface area (Å²) in [5.74, 6) is -0.458. The van der Waals surface area contributed by atoms with Crippen molar-refractivity contribution in [2.45, 2.75) is 52.4 Å². The molecule has 2 heterocycles. The summed E-state index contributed by atoms with van der Waals surface area (Å²) in [5, 5.41) is 2.85. The summed E-state index contributed by atoms with van der Waals surface area (Å²) in [6.07, 6.45) is 1.59. The maximum absolute atomic E-state index is 15.3. The van der Waals surface area contributed by atoms with Crippen molar-refractivity contribution in [3.8, 4) is 11.3 Å². The van der Waals surface area contributed by atoms with Crippen LogP contribution in [0.1, 0.15) is 42.3 Å². The fourth-order valence-corrected chi connectivity index (χ4v) is 6.49. The number of nitrogens with zero attached hydrogens (tertiary/aromatic N) is 3. The molecule has 252 valence electrons. The number of carbonyl (C=O) groups excluding carboxylic acids is 3. The molecule has 1 aliphatic heterocycles. The molecule has 4 amide bonds. The maximum Gasteiger partial charge on any atom is 0.322 e. The molecule has 0 saturated heterocycles. The molecule has 0 unspecified atom stereocenters. The second kappa shape index (κ2) is 13.8. The molecule has 0 fully saturated rings. The van der Waals surface area contributed by atoms with Gasteiger partial charge in [0.1, 0.15) is 23.8 Å². The van der Waals surface area contributed by atoms with Crippen LogP contribution in [0.25, 0.3) is 11.3 Å². The Balaban J connectivity index is 1.27. The number of halogens is 1. The zero-order valence-corrected chi connectivity index (χ0v) is 29.6. The Hall–Kier alpha value is -4.74. The van der Waals surface area contributed by atoms with E-state index in [2.05, 4.69) is 39.2 Å². The van der Waals surface area contributed by atoms with Crippen molar-refractivity contribution in [1.82, 2.24) is 5.32 Å². The SMILES string of the molecule is Cc1cc(C(=O)N(C)c2ccccc2-c2ccco2)ccc1CNC(=O)N1CC(=O)N(CCO[Si](C)(C)C(C)(C)C)c2cccc(F)c21. The summed E-state index contributed by atoms with van der Waals surface area (Å²) in [6, 6.07) is 20.3. The number of urea groups is 1. The molecule has 5 rings (SSSR count). The minimum absolute atomic E-state index is 0.00923. The summed E-state index contributed by atoms with van der Waals surface area (Å²) in [7, 11) is -0.333. The number of benzene rings is 3. The number of rotatable bonds is 9. The van der Waals surface area contributed by atoms with Crippen molar-refractivity contribution in [1.29, 1.82) is 0 Å². The molecule has 0 saturated carbocycles. The summed E-state index contributed by atoms with van der Waals surface area (Å²) < 4.78 is 27.1. The second-order valence-corrected chi connectivity index (χ2v) is 18.3. The first-order valence-corrected chi connectivity index (χ1v) is 18.9. The lowest BCUT2D eigenvalue weighted by Crippen LogP contribution is -2.52. The highest BCUT2D eigenvalue weighted by molar-refractivity contribution is 6.74. The molecule has 0 atom stereocenters. The molecule has 4 aromatic rings. The van der Waals surface area contributed by atoms with Gasteiger partial charge in [-0.25, -0.2) is 9.18 Å². The molecule has 0 spiro atoms. The molecule has 1 aromatic heterocycles. The molecule has 3 aromatic carbocycles. The predicted octanol–water partition coefficient (Wildman–Crippen LogP) is 7.76. The van der Waals surface area contributed by atoms with Gasteiger partial charge in [0, 0.05) is 31.3 Å². The molecule has 0 bridgehead atoms. The van der Waals surface area contributed by atoms with E-state index in [1.807, 2.05) is 37.3 Å². The summed E-state index contributed by atoms with van der Waals surface area (Å²) in [5.41, 5.74) is 3.94. The third-order valence-electron chi connectivity index (χ3n) is 9.33. The van der Waals surface area contributed by atoms with Gasteiger partial charge in [-0.3, -0.25) is 14.5 Å². The molecule has 0 radical (unpaired) electrons. The highest BCUT2D eigenvalue weighted by atomic mass is 28.4. The topological polar surface area (TPSA) is 95.3 Å².